The van der Waals surface area contributed by atoms with Gasteiger partial charge in [-0.15, -0.1) is 0 Å². The normalized spacial score (nSPS) is 26.1. The molecule has 1 aliphatic heterocycles. The first kappa shape index (κ1) is 12.8. The fraction of sp³-hybridized carbons (Fsp3) is 0.538. The smallest absolute Gasteiger partial charge is 0.0551 e. The average Bonchev–Trinajstić information content (AvgIpc) is 2.73. The molecule has 1 aliphatic rings. The average molecular weight is 255 g/mol. The molecule has 1 saturated heterocycles. The number of nitrogens with two attached hydrogens (primary N) is 1. The molecule has 1 aromatic carbocycles. The Morgan fingerprint density at radius 2 is 2.41 bits per heavy atom. The van der Waals surface area contributed by atoms with E-state index in [-0.39, 0.29) is 6.04 Å². The van der Waals surface area contributed by atoms with Crippen molar-refractivity contribution in [2.24, 2.45) is 11.8 Å². The van der Waals surface area contributed by atoms with Crippen LogP contribution in [-0.4, -0.2) is 18.8 Å². The summed E-state index contributed by atoms with van der Waals surface area (Å²) in [7, 11) is 0. The Bertz CT molecular complexity index is 372. The zero-order valence-corrected chi connectivity index (χ0v) is 10.8. The van der Waals surface area contributed by atoms with Crippen LogP contribution in [0, 0.1) is 5.92 Å². The minimum absolute atomic E-state index is 0.249. The Balaban J connectivity index is 2.00. The Morgan fingerprint density at radius 1 is 1.59 bits per heavy atom. The van der Waals surface area contributed by atoms with Crippen molar-refractivity contribution in [2.45, 2.75) is 31.9 Å². The second-order valence-electron chi connectivity index (χ2n) is 4.75. The second-order valence-corrected chi connectivity index (χ2v) is 5.18. The van der Waals surface area contributed by atoms with Gasteiger partial charge in [0.15, 0.2) is 0 Å². The molecule has 1 aromatic rings. The molecule has 94 valence electrons. The number of halogens is 1. The molecule has 0 aliphatic carbocycles. The zero-order valence-electron chi connectivity index (χ0n) is 10.0. The molecule has 0 amide bonds. The summed E-state index contributed by atoms with van der Waals surface area (Å²) in [6.45, 7) is 2.89. The van der Waals surface area contributed by atoms with E-state index in [1.54, 1.807) is 0 Å². The minimum atomic E-state index is 0.249. The van der Waals surface area contributed by atoms with Crippen LogP contribution in [0.4, 0.5) is 0 Å². The molecule has 3 nitrogen and oxygen atoms in total. The lowest BCUT2D eigenvalue weighted by Gasteiger charge is -2.21. The Morgan fingerprint density at radius 3 is 3.00 bits per heavy atom. The monoisotopic (exact) mass is 254 g/mol. The van der Waals surface area contributed by atoms with Gasteiger partial charge in [-0.25, -0.2) is 0 Å². The van der Waals surface area contributed by atoms with Gasteiger partial charge >= 0.3 is 0 Å². The molecular formula is C13H19ClN2O. The first-order valence-electron chi connectivity index (χ1n) is 6.01. The first-order valence-corrected chi connectivity index (χ1v) is 6.39. The van der Waals surface area contributed by atoms with E-state index in [0.717, 1.165) is 24.5 Å². The van der Waals surface area contributed by atoms with Crippen molar-refractivity contribution in [3.63, 3.8) is 0 Å². The maximum atomic E-state index is 5.98. The van der Waals surface area contributed by atoms with Gasteiger partial charge in [0.1, 0.15) is 0 Å². The molecule has 0 saturated carbocycles. The molecule has 3 N–H and O–H groups in total. The summed E-state index contributed by atoms with van der Waals surface area (Å²) in [5, 5.41) is 0.773. The van der Waals surface area contributed by atoms with Crippen molar-refractivity contribution < 1.29 is 4.74 Å². The number of ether oxygens (including phenoxy) is 1. The number of hydrazine groups is 1. The van der Waals surface area contributed by atoms with Crippen molar-refractivity contribution in [1.29, 1.82) is 0 Å². The van der Waals surface area contributed by atoms with Crippen LogP contribution in [0.25, 0.3) is 0 Å². The van der Waals surface area contributed by atoms with Crippen LogP contribution in [0.5, 0.6) is 0 Å². The summed E-state index contributed by atoms with van der Waals surface area (Å²) < 4.78 is 5.59. The van der Waals surface area contributed by atoms with E-state index in [0.29, 0.717) is 12.0 Å². The third kappa shape index (κ3) is 3.42. The topological polar surface area (TPSA) is 47.3 Å². The molecule has 0 aromatic heterocycles. The number of hydrogen-bond donors (Lipinski definition) is 2. The quantitative estimate of drug-likeness (QED) is 0.639. The highest BCUT2D eigenvalue weighted by atomic mass is 35.5. The van der Waals surface area contributed by atoms with Crippen LogP contribution in [0.15, 0.2) is 24.3 Å². The summed E-state index contributed by atoms with van der Waals surface area (Å²) >= 11 is 5.98. The van der Waals surface area contributed by atoms with Crippen molar-refractivity contribution >= 4 is 11.6 Å². The SMILES string of the molecule is CC1CC(C(Cc2cccc(Cl)c2)NN)CO1. The summed E-state index contributed by atoms with van der Waals surface area (Å²) in [5.74, 6) is 6.13. The lowest BCUT2D eigenvalue weighted by atomic mass is 9.92. The summed E-state index contributed by atoms with van der Waals surface area (Å²) in [6.07, 6.45) is 2.29. The van der Waals surface area contributed by atoms with E-state index in [4.69, 9.17) is 22.2 Å². The van der Waals surface area contributed by atoms with Crippen molar-refractivity contribution in [2.75, 3.05) is 6.61 Å². The molecule has 17 heavy (non-hydrogen) atoms. The molecule has 0 bridgehead atoms. The molecule has 3 atom stereocenters. The van der Waals surface area contributed by atoms with Crippen molar-refractivity contribution in [1.82, 2.24) is 5.43 Å². The van der Waals surface area contributed by atoms with Gasteiger partial charge in [0.25, 0.3) is 0 Å². The summed E-state index contributed by atoms with van der Waals surface area (Å²) in [5.41, 5.74) is 4.12. The molecule has 1 heterocycles. The molecule has 0 spiro atoms. The maximum absolute atomic E-state index is 5.98. The fourth-order valence-electron chi connectivity index (χ4n) is 2.41. The molecule has 4 heteroatoms. The highest BCUT2D eigenvalue weighted by molar-refractivity contribution is 6.30. The van der Waals surface area contributed by atoms with E-state index in [2.05, 4.69) is 18.4 Å². The van der Waals surface area contributed by atoms with Crippen LogP contribution in [0.2, 0.25) is 5.02 Å². The van der Waals surface area contributed by atoms with E-state index in [9.17, 15) is 0 Å². The molecule has 1 fully saturated rings. The van der Waals surface area contributed by atoms with Gasteiger partial charge in [-0.2, -0.15) is 0 Å². The summed E-state index contributed by atoms with van der Waals surface area (Å²) in [6, 6.07) is 8.18. The predicted molar refractivity (Wildman–Crippen MR) is 69.8 cm³/mol. The van der Waals surface area contributed by atoms with Gasteiger partial charge in [0, 0.05) is 17.0 Å². The fourth-order valence-corrected chi connectivity index (χ4v) is 2.62. The van der Waals surface area contributed by atoms with Crippen LogP contribution in [0.3, 0.4) is 0 Å². The van der Waals surface area contributed by atoms with Crippen molar-refractivity contribution in [3.05, 3.63) is 34.9 Å². The van der Waals surface area contributed by atoms with Crippen LogP contribution >= 0.6 is 11.6 Å². The minimum Gasteiger partial charge on any atom is -0.378 e. The molecular weight excluding hydrogens is 236 g/mol. The Labute approximate surface area is 107 Å². The van der Waals surface area contributed by atoms with Gasteiger partial charge in [0.05, 0.1) is 12.7 Å². The van der Waals surface area contributed by atoms with Crippen LogP contribution < -0.4 is 11.3 Å². The third-order valence-electron chi connectivity index (χ3n) is 3.36. The summed E-state index contributed by atoms with van der Waals surface area (Å²) in [4.78, 5) is 0. The Kier molecular flexibility index (Phi) is 4.40. The zero-order chi connectivity index (χ0) is 12.3. The number of rotatable bonds is 4. The highest BCUT2D eigenvalue weighted by Crippen LogP contribution is 2.24. The van der Waals surface area contributed by atoms with Crippen LogP contribution in [-0.2, 0) is 11.2 Å². The van der Waals surface area contributed by atoms with Gasteiger partial charge < -0.3 is 4.74 Å². The van der Waals surface area contributed by atoms with E-state index >= 15 is 0 Å². The molecule has 2 rings (SSSR count). The van der Waals surface area contributed by atoms with E-state index in [1.165, 1.54) is 5.56 Å². The molecule has 0 radical (unpaired) electrons. The van der Waals surface area contributed by atoms with E-state index < -0.39 is 0 Å². The van der Waals surface area contributed by atoms with E-state index in [1.807, 2.05) is 18.2 Å². The lowest BCUT2D eigenvalue weighted by Crippen LogP contribution is -2.42. The van der Waals surface area contributed by atoms with Gasteiger partial charge in [-0.05, 0) is 37.5 Å². The predicted octanol–water partition coefficient (Wildman–Crippen LogP) is 2.14. The third-order valence-corrected chi connectivity index (χ3v) is 3.59. The Hall–Kier alpha value is -0.610. The number of hydrogen-bond acceptors (Lipinski definition) is 3. The maximum Gasteiger partial charge on any atom is 0.0551 e. The highest BCUT2D eigenvalue weighted by Gasteiger charge is 2.28. The lowest BCUT2D eigenvalue weighted by molar-refractivity contribution is 0.117. The first-order chi connectivity index (χ1) is 8.19. The molecule has 3 unspecified atom stereocenters. The van der Waals surface area contributed by atoms with Gasteiger partial charge in [-0.3, -0.25) is 11.3 Å². The second kappa shape index (κ2) is 5.83. The van der Waals surface area contributed by atoms with Gasteiger partial charge in [-0.1, -0.05) is 23.7 Å². The van der Waals surface area contributed by atoms with Gasteiger partial charge in [0.2, 0.25) is 0 Å². The standard InChI is InChI=1S/C13H19ClN2O/c1-9-5-11(8-17-9)13(16-15)7-10-3-2-4-12(14)6-10/h2-4,6,9,11,13,16H,5,7-8,15H2,1H3. The number of nitrogens with one attached hydrogen (secondary N) is 1. The largest absolute Gasteiger partial charge is 0.378 e. The number of benzene rings is 1. The van der Waals surface area contributed by atoms with Crippen molar-refractivity contribution in [3.8, 4) is 0 Å². The van der Waals surface area contributed by atoms with Crippen LogP contribution in [0.1, 0.15) is 18.9 Å².